The zero-order chi connectivity index (χ0) is 8.39. The number of carbonyl (C=O) groups excluding carboxylic acids is 1. The Hall–Kier alpha value is -0.770. The number of carbonyl (C=O) groups is 1. The van der Waals surface area contributed by atoms with E-state index < -0.39 is 0 Å². The summed E-state index contributed by atoms with van der Waals surface area (Å²) in [6.07, 6.45) is 1.88. The van der Waals surface area contributed by atoms with Gasteiger partial charge < -0.3 is 9.64 Å². The Kier molecular flexibility index (Phi) is 2.17. The highest BCUT2D eigenvalue weighted by Gasteiger charge is 2.30. The molecule has 0 N–H and O–H groups in total. The minimum absolute atomic E-state index is 0.137. The van der Waals surface area contributed by atoms with E-state index in [4.69, 9.17) is 4.74 Å². The summed E-state index contributed by atoms with van der Waals surface area (Å²) in [5, 5.41) is 4.24. The standard InChI is InChI=1S/C8H13N2O2/c11-8-10(5-6-12-8)7-1-3-9-4-2-7/h7H,1-6H2. The molecule has 67 valence electrons. The summed E-state index contributed by atoms with van der Waals surface area (Å²) in [4.78, 5) is 13.0. The Balaban J connectivity index is 1.93. The van der Waals surface area contributed by atoms with Crippen LogP contribution in [0, 0.1) is 0 Å². The van der Waals surface area contributed by atoms with Crippen molar-refractivity contribution in [3.05, 3.63) is 0 Å². The predicted octanol–water partition coefficient (Wildman–Crippen LogP) is 0.205. The van der Waals surface area contributed by atoms with Crippen molar-refractivity contribution in [3.63, 3.8) is 0 Å². The molecule has 0 aromatic carbocycles. The van der Waals surface area contributed by atoms with Gasteiger partial charge in [-0.05, 0) is 12.8 Å². The molecule has 0 saturated carbocycles. The summed E-state index contributed by atoms with van der Waals surface area (Å²) in [6.45, 7) is 3.12. The molecule has 1 radical (unpaired) electrons. The summed E-state index contributed by atoms with van der Waals surface area (Å²) < 4.78 is 4.88. The van der Waals surface area contributed by atoms with E-state index in [-0.39, 0.29) is 6.09 Å². The number of ether oxygens (including phenoxy) is 1. The average Bonchev–Trinajstić information content (AvgIpc) is 2.53. The first-order chi connectivity index (χ1) is 5.88. The number of piperidine rings is 1. The van der Waals surface area contributed by atoms with Gasteiger partial charge in [-0.15, -0.1) is 0 Å². The normalized spacial score (nSPS) is 26.0. The molecular weight excluding hydrogens is 156 g/mol. The van der Waals surface area contributed by atoms with Crippen LogP contribution in [-0.4, -0.2) is 43.3 Å². The predicted molar refractivity (Wildman–Crippen MR) is 42.9 cm³/mol. The second kappa shape index (κ2) is 3.31. The molecule has 0 aliphatic carbocycles. The number of rotatable bonds is 1. The Bertz CT molecular complexity index is 178. The van der Waals surface area contributed by atoms with Gasteiger partial charge in [0.05, 0.1) is 6.54 Å². The minimum Gasteiger partial charge on any atom is -0.448 e. The van der Waals surface area contributed by atoms with Gasteiger partial charge in [-0.1, -0.05) is 0 Å². The van der Waals surface area contributed by atoms with E-state index >= 15 is 0 Å². The van der Waals surface area contributed by atoms with Crippen LogP contribution < -0.4 is 5.32 Å². The zero-order valence-corrected chi connectivity index (χ0v) is 7.03. The van der Waals surface area contributed by atoms with Gasteiger partial charge in [0.1, 0.15) is 6.61 Å². The molecule has 2 saturated heterocycles. The lowest BCUT2D eigenvalue weighted by Crippen LogP contribution is -2.41. The summed E-state index contributed by atoms with van der Waals surface area (Å²) in [5.74, 6) is 0. The third-order valence-electron chi connectivity index (χ3n) is 2.47. The lowest BCUT2D eigenvalue weighted by atomic mass is 10.1. The van der Waals surface area contributed by atoms with Crippen LogP contribution in [0.2, 0.25) is 0 Å². The number of hydrogen-bond donors (Lipinski definition) is 0. The highest BCUT2D eigenvalue weighted by Crippen LogP contribution is 2.16. The molecule has 2 aliphatic rings. The maximum Gasteiger partial charge on any atom is 0.410 e. The van der Waals surface area contributed by atoms with Crippen LogP contribution >= 0.6 is 0 Å². The van der Waals surface area contributed by atoms with Crippen molar-refractivity contribution >= 4 is 6.09 Å². The molecule has 0 aromatic heterocycles. The fourth-order valence-electron chi connectivity index (χ4n) is 1.79. The average molecular weight is 169 g/mol. The van der Waals surface area contributed by atoms with Gasteiger partial charge >= 0.3 is 6.09 Å². The zero-order valence-electron chi connectivity index (χ0n) is 7.03. The van der Waals surface area contributed by atoms with Crippen molar-refractivity contribution in [1.82, 2.24) is 10.2 Å². The van der Waals surface area contributed by atoms with Gasteiger partial charge in [-0.3, -0.25) is 0 Å². The molecule has 4 nitrogen and oxygen atoms in total. The first-order valence-electron chi connectivity index (χ1n) is 4.44. The van der Waals surface area contributed by atoms with Crippen LogP contribution in [0.5, 0.6) is 0 Å². The van der Waals surface area contributed by atoms with Crippen molar-refractivity contribution in [1.29, 1.82) is 0 Å². The molecule has 2 aliphatic heterocycles. The lowest BCUT2D eigenvalue weighted by molar-refractivity contribution is 0.140. The first kappa shape index (κ1) is 7.86. The number of cyclic esters (lactones) is 1. The Morgan fingerprint density at radius 1 is 1.42 bits per heavy atom. The fraction of sp³-hybridized carbons (Fsp3) is 0.875. The molecule has 2 heterocycles. The largest absolute Gasteiger partial charge is 0.448 e. The highest BCUT2D eigenvalue weighted by atomic mass is 16.6. The molecule has 1 amide bonds. The van der Waals surface area contributed by atoms with Crippen molar-refractivity contribution in [2.45, 2.75) is 18.9 Å². The highest BCUT2D eigenvalue weighted by molar-refractivity contribution is 5.69. The van der Waals surface area contributed by atoms with Crippen molar-refractivity contribution in [3.8, 4) is 0 Å². The van der Waals surface area contributed by atoms with E-state index in [1.165, 1.54) is 0 Å². The maximum absolute atomic E-state index is 11.1. The Morgan fingerprint density at radius 3 is 2.75 bits per heavy atom. The van der Waals surface area contributed by atoms with Gasteiger partial charge in [-0.2, -0.15) is 0 Å². The summed E-state index contributed by atoms with van der Waals surface area (Å²) in [7, 11) is 0. The van der Waals surface area contributed by atoms with Crippen molar-refractivity contribution in [2.24, 2.45) is 0 Å². The van der Waals surface area contributed by atoms with Crippen LogP contribution in [0.1, 0.15) is 12.8 Å². The van der Waals surface area contributed by atoms with Crippen LogP contribution in [0.4, 0.5) is 4.79 Å². The topological polar surface area (TPSA) is 43.6 Å². The number of nitrogens with zero attached hydrogens (tertiary/aromatic N) is 2. The van der Waals surface area contributed by atoms with Gasteiger partial charge in [0.2, 0.25) is 0 Å². The Labute approximate surface area is 71.9 Å². The molecule has 0 bridgehead atoms. The van der Waals surface area contributed by atoms with Gasteiger partial charge in [0.25, 0.3) is 0 Å². The van der Waals surface area contributed by atoms with Crippen LogP contribution in [0.15, 0.2) is 0 Å². The molecular formula is C8H13N2O2. The molecule has 0 atom stereocenters. The van der Waals surface area contributed by atoms with Crippen LogP contribution in [-0.2, 0) is 4.74 Å². The molecule has 2 rings (SSSR count). The van der Waals surface area contributed by atoms with E-state index in [0.717, 1.165) is 32.5 Å². The SMILES string of the molecule is O=C1OCCN1C1CC[N]CC1. The fourth-order valence-corrected chi connectivity index (χ4v) is 1.79. The molecule has 0 unspecified atom stereocenters. The molecule has 0 aromatic rings. The lowest BCUT2D eigenvalue weighted by Gasteiger charge is -2.28. The maximum atomic E-state index is 11.1. The molecule has 4 heteroatoms. The monoisotopic (exact) mass is 169 g/mol. The summed E-state index contributed by atoms with van der Waals surface area (Å²) in [6, 6.07) is 0.387. The minimum atomic E-state index is -0.137. The van der Waals surface area contributed by atoms with Gasteiger partial charge in [-0.25, -0.2) is 10.1 Å². The number of amides is 1. The van der Waals surface area contributed by atoms with Crippen LogP contribution in [0.3, 0.4) is 0 Å². The van der Waals surface area contributed by atoms with E-state index in [2.05, 4.69) is 5.32 Å². The quantitative estimate of drug-likeness (QED) is 0.563. The first-order valence-corrected chi connectivity index (χ1v) is 4.44. The van der Waals surface area contributed by atoms with Crippen molar-refractivity contribution in [2.75, 3.05) is 26.2 Å². The molecule has 2 fully saturated rings. The molecule has 12 heavy (non-hydrogen) atoms. The number of hydrogen-bond acceptors (Lipinski definition) is 2. The van der Waals surface area contributed by atoms with E-state index in [0.29, 0.717) is 12.6 Å². The van der Waals surface area contributed by atoms with E-state index in [1.54, 1.807) is 0 Å². The van der Waals surface area contributed by atoms with E-state index in [1.807, 2.05) is 4.90 Å². The summed E-state index contributed by atoms with van der Waals surface area (Å²) in [5.41, 5.74) is 0. The van der Waals surface area contributed by atoms with Crippen molar-refractivity contribution < 1.29 is 9.53 Å². The summed E-state index contributed by atoms with van der Waals surface area (Å²) >= 11 is 0. The van der Waals surface area contributed by atoms with E-state index in [9.17, 15) is 4.79 Å². The smallest absolute Gasteiger partial charge is 0.410 e. The second-order valence-corrected chi connectivity index (χ2v) is 3.21. The molecule has 0 spiro atoms. The Morgan fingerprint density at radius 2 is 2.17 bits per heavy atom. The third kappa shape index (κ3) is 1.39. The van der Waals surface area contributed by atoms with Crippen LogP contribution in [0.25, 0.3) is 0 Å². The second-order valence-electron chi connectivity index (χ2n) is 3.21. The van der Waals surface area contributed by atoms with Gasteiger partial charge in [0.15, 0.2) is 0 Å². The third-order valence-corrected chi connectivity index (χ3v) is 2.47. The van der Waals surface area contributed by atoms with Gasteiger partial charge in [0, 0.05) is 19.1 Å².